The van der Waals surface area contributed by atoms with Crippen molar-refractivity contribution in [3.8, 4) is 5.75 Å². The normalized spacial score (nSPS) is 17.7. The highest BCUT2D eigenvalue weighted by Gasteiger charge is 2.35. The third-order valence-electron chi connectivity index (χ3n) is 5.12. The van der Waals surface area contributed by atoms with Crippen molar-refractivity contribution < 1.29 is 24.0 Å². The van der Waals surface area contributed by atoms with E-state index < -0.39 is 16.1 Å². The molecule has 2 aliphatic rings. The standard InChI is InChI=1S/C22H20ClN3O6S/c23-16-2-4-17(5-3-16)32-12-9-25-21(27)20(33-22(25)28)14-15-1-6-18(19(13-15)26(29)30)24-7-10-31-11-8-24/h1-6,13-14H,7-12H2/b20-14-. The van der Waals surface area contributed by atoms with E-state index >= 15 is 0 Å². The zero-order valence-corrected chi connectivity index (χ0v) is 19.0. The smallest absolute Gasteiger partial charge is 0.293 e. The van der Waals surface area contributed by atoms with Gasteiger partial charge in [-0.05, 0) is 53.7 Å². The molecule has 2 heterocycles. The van der Waals surface area contributed by atoms with Crippen LogP contribution in [0.3, 0.4) is 0 Å². The molecule has 11 heteroatoms. The van der Waals surface area contributed by atoms with Crippen LogP contribution in [0.4, 0.5) is 16.2 Å². The van der Waals surface area contributed by atoms with Gasteiger partial charge in [-0.3, -0.25) is 24.6 Å². The Labute approximate surface area is 199 Å². The maximum Gasteiger partial charge on any atom is 0.293 e. The highest BCUT2D eigenvalue weighted by atomic mass is 35.5. The Morgan fingerprint density at radius 3 is 2.58 bits per heavy atom. The van der Waals surface area contributed by atoms with Crippen molar-refractivity contribution in [2.75, 3.05) is 44.4 Å². The summed E-state index contributed by atoms with van der Waals surface area (Å²) in [6, 6.07) is 11.6. The first-order valence-corrected chi connectivity index (χ1v) is 11.4. The number of hydrogen-bond donors (Lipinski definition) is 0. The maximum atomic E-state index is 12.7. The maximum absolute atomic E-state index is 12.7. The lowest BCUT2D eigenvalue weighted by Crippen LogP contribution is -2.36. The van der Waals surface area contributed by atoms with Crippen LogP contribution in [0.25, 0.3) is 6.08 Å². The van der Waals surface area contributed by atoms with Crippen LogP contribution in [0.2, 0.25) is 5.02 Å². The first-order chi connectivity index (χ1) is 15.9. The molecule has 0 bridgehead atoms. The van der Waals surface area contributed by atoms with E-state index in [4.69, 9.17) is 21.1 Å². The second kappa shape index (κ2) is 10.2. The number of morpholine rings is 1. The van der Waals surface area contributed by atoms with Gasteiger partial charge in [0.1, 0.15) is 18.0 Å². The number of carbonyl (C=O) groups excluding carboxylic acids is 2. The molecule has 0 saturated carbocycles. The topological polar surface area (TPSA) is 102 Å². The van der Waals surface area contributed by atoms with Gasteiger partial charge >= 0.3 is 0 Å². The zero-order valence-electron chi connectivity index (χ0n) is 17.4. The molecule has 0 unspecified atom stereocenters. The monoisotopic (exact) mass is 489 g/mol. The Bertz CT molecular complexity index is 1100. The summed E-state index contributed by atoms with van der Waals surface area (Å²) in [4.78, 5) is 39.5. The third-order valence-corrected chi connectivity index (χ3v) is 6.28. The molecule has 0 radical (unpaired) electrons. The number of nitrogens with zero attached hydrogens (tertiary/aromatic N) is 3. The number of halogens is 1. The van der Waals surface area contributed by atoms with Crippen molar-refractivity contribution >= 4 is 52.0 Å². The summed E-state index contributed by atoms with van der Waals surface area (Å²) in [6.07, 6.45) is 1.50. The number of nitro groups is 1. The molecule has 0 aliphatic carbocycles. The van der Waals surface area contributed by atoms with Gasteiger partial charge in [-0.25, -0.2) is 0 Å². The predicted octanol–water partition coefficient (Wildman–Crippen LogP) is 4.20. The lowest BCUT2D eigenvalue weighted by molar-refractivity contribution is -0.384. The molecule has 0 N–H and O–H groups in total. The van der Waals surface area contributed by atoms with Gasteiger partial charge in [-0.2, -0.15) is 0 Å². The molecule has 33 heavy (non-hydrogen) atoms. The van der Waals surface area contributed by atoms with Crippen LogP contribution in [0.5, 0.6) is 5.75 Å². The summed E-state index contributed by atoms with van der Waals surface area (Å²) in [5.41, 5.74) is 0.927. The van der Waals surface area contributed by atoms with E-state index in [2.05, 4.69) is 0 Å². The summed E-state index contributed by atoms with van der Waals surface area (Å²) in [5.74, 6) is 0.124. The van der Waals surface area contributed by atoms with E-state index in [9.17, 15) is 19.7 Å². The Morgan fingerprint density at radius 2 is 1.88 bits per heavy atom. The van der Waals surface area contributed by atoms with Crippen molar-refractivity contribution in [3.63, 3.8) is 0 Å². The predicted molar refractivity (Wildman–Crippen MR) is 126 cm³/mol. The molecule has 0 spiro atoms. The largest absolute Gasteiger partial charge is 0.492 e. The highest BCUT2D eigenvalue weighted by Crippen LogP contribution is 2.35. The fourth-order valence-electron chi connectivity index (χ4n) is 3.48. The minimum Gasteiger partial charge on any atom is -0.492 e. The van der Waals surface area contributed by atoms with Crippen molar-refractivity contribution in [1.82, 2.24) is 4.90 Å². The fraction of sp³-hybridized carbons (Fsp3) is 0.273. The first-order valence-electron chi connectivity index (χ1n) is 10.2. The van der Waals surface area contributed by atoms with Gasteiger partial charge in [0, 0.05) is 24.2 Å². The Morgan fingerprint density at radius 1 is 1.15 bits per heavy atom. The van der Waals surface area contributed by atoms with Gasteiger partial charge in [-0.1, -0.05) is 17.7 Å². The number of amides is 2. The molecule has 2 aliphatic heterocycles. The Kier molecular flexibility index (Phi) is 7.17. The highest BCUT2D eigenvalue weighted by molar-refractivity contribution is 8.18. The Balaban J connectivity index is 1.45. The van der Waals surface area contributed by atoms with E-state index in [1.807, 2.05) is 4.90 Å². The summed E-state index contributed by atoms with van der Waals surface area (Å²) in [6.45, 7) is 2.36. The molecular formula is C22H20ClN3O6S. The molecule has 0 aromatic heterocycles. The van der Waals surface area contributed by atoms with E-state index in [-0.39, 0.29) is 23.7 Å². The Hall–Kier alpha value is -3.08. The molecule has 2 fully saturated rings. The van der Waals surface area contributed by atoms with Crippen molar-refractivity contribution in [2.45, 2.75) is 0 Å². The molecule has 172 valence electrons. The second-order valence-corrected chi connectivity index (χ2v) is 8.67. The van der Waals surface area contributed by atoms with E-state index in [0.29, 0.717) is 48.3 Å². The quantitative estimate of drug-likeness (QED) is 0.324. The van der Waals surface area contributed by atoms with Crippen molar-refractivity contribution in [2.24, 2.45) is 0 Å². The summed E-state index contributed by atoms with van der Waals surface area (Å²) in [5, 5.41) is 11.8. The van der Waals surface area contributed by atoms with Crippen LogP contribution in [-0.2, 0) is 9.53 Å². The summed E-state index contributed by atoms with van der Waals surface area (Å²) >= 11 is 6.64. The molecule has 2 aromatic rings. The van der Waals surface area contributed by atoms with Gasteiger partial charge in [-0.15, -0.1) is 0 Å². The number of carbonyl (C=O) groups is 2. The molecular weight excluding hydrogens is 470 g/mol. The van der Waals surface area contributed by atoms with Crippen molar-refractivity contribution in [1.29, 1.82) is 0 Å². The minimum absolute atomic E-state index is 0.0544. The lowest BCUT2D eigenvalue weighted by atomic mass is 10.1. The van der Waals surface area contributed by atoms with Gasteiger partial charge in [0.15, 0.2) is 0 Å². The number of nitro benzene ring substituents is 1. The first kappa shape index (κ1) is 23.1. The van der Waals surface area contributed by atoms with Crippen LogP contribution in [0, 0.1) is 10.1 Å². The number of anilines is 1. The number of thioether (sulfide) groups is 1. The van der Waals surface area contributed by atoms with Crippen LogP contribution in [0.1, 0.15) is 5.56 Å². The van der Waals surface area contributed by atoms with Crippen molar-refractivity contribution in [3.05, 3.63) is 68.1 Å². The third kappa shape index (κ3) is 5.47. The number of rotatable bonds is 7. The van der Waals surface area contributed by atoms with Crippen LogP contribution in [-0.4, -0.2) is 60.4 Å². The summed E-state index contributed by atoms with van der Waals surface area (Å²) in [7, 11) is 0. The van der Waals surface area contributed by atoms with E-state index in [1.165, 1.54) is 12.1 Å². The van der Waals surface area contributed by atoms with E-state index in [1.54, 1.807) is 36.4 Å². The lowest BCUT2D eigenvalue weighted by Gasteiger charge is -2.28. The zero-order chi connectivity index (χ0) is 23.4. The molecule has 2 amide bonds. The molecule has 4 rings (SSSR count). The fourth-order valence-corrected chi connectivity index (χ4v) is 4.47. The van der Waals surface area contributed by atoms with Gasteiger partial charge in [0.05, 0.1) is 29.6 Å². The van der Waals surface area contributed by atoms with Crippen LogP contribution < -0.4 is 9.64 Å². The molecule has 9 nitrogen and oxygen atoms in total. The average molecular weight is 490 g/mol. The second-order valence-electron chi connectivity index (χ2n) is 7.24. The minimum atomic E-state index is -0.454. The molecule has 2 saturated heterocycles. The van der Waals surface area contributed by atoms with Crippen LogP contribution >= 0.6 is 23.4 Å². The van der Waals surface area contributed by atoms with Gasteiger partial charge in [0.2, 0.25) is 0 Å². The van der Waals surface area contributed by atoms with E-state index in [0.717, 1.165) is 16.7 Å². The summed E-state index contributed by atoms with van der Waals surface area (Å²) < 4.78 is 10.9. The number of imide groups is 1. The van der Waals surface area contributed by atoms with Gasteiger partial charge < -0.3 is 14.4 Å². The number of benzene rings is 2. The molecule has 0 atom stereocenters. The average Bonchev–Trinajstić information content (AvgIpc) is 3.08. The van der Waals surface area contributed by atoms with Gasteiger partial charge in [0.25, 0.3) is 16.8 Å². The number of ether oxygens (including phenoxy) is 2. The van der Waals surface area contributed by atoms with Crippen LogP contribution in [0.15, 0.2) is 47.4 Å². The molecule has 2 aromatic carbocycles. The number of hydrogen-bond acceptors (Lipinski definition) is 8. The SMILES string of the molecule is O=C1S/C(=C\c2ccc(N3CCOCC3)c([N+](=O)[O-])c2)C(=O)N1CCOc1ccc(Cl)cc1.